The number of aliphatic carboxylic acids is 4. The van der Waals surface area contributed by atoms with Gasteiger partial charge in [-0.3, -0.25) is 29.0 Å². The molecule has 118 valence electrons. The van der Waals surface area contributed by atoms with E-state index in [0.717, 1.165) is 9.80 Å². The van der Waals surface area contributed by atoms with E-state index in [9.17, 15) is 19.2 Å². The molecule has 0 aromatic heterocycles. The van der Waals surface area contributed by atoms with Crippen molar-refractivity contribution in [3.05, 3.63) is 0 Å². The molecule has 0 aliphatic rings. The Morgan fingerprint density at radius 2 is 0.739 bits per heavy atom. The number of carbonyl (C=O) groups is 4. The van der Waals surface area contributed by atoms with Crippen LogP contribution in [0.4, 0.5) is 0 Å². The molecule has 0 heterocycles. The molecule has 23 heavy (non-hydrogen) atoms. The summed E-state index contributed by atoms with van der Waals surface area (Å²) >= 11 is 0. The largest absolute Gasteiger partial charge is 0.480 e. The van der Waals surface area contributed by atoms with Gasteiger partial charge < -0.3 is 20.4 Å². The van der Waals surface area contributed by atoms with E-state index in [0.29, 0.717) is 0 Å². The van der Waals surface area contributed by atoms with Crippen molar-refractivity contribution in [3.63, 3.8) is 0 Å². The second kappa shape index (κ2) is 17.9. The van der Waals surface area contributed by atoms with Gasteiger partial charge in [-0.2, -0.15) is 0 Å². The van der Waals surface area contributed by atoms with Crippen LogP contribution in [0.3, 0.4) is 0 Å². The Hall–Kier alpha value is 1.06. The Morgan fingerprint density at radius 1 is 0.565 bits per heavy atom. The fourth-order valence-electron chi connectivity index (χ4n) is 1.48. The number of nitrogens with zero attached hydrogens (tertiary/aromatic N) is 2. The molecule has 0 amide bonds. The molecule has 0 unspecified atom stereocenters. The predicted octanol–water partition coefficient (Wildman–Crippen LogP) is -3.21. The molecule has 0 saturated heterocycles. The molecular formula is C10H16CaN2Na2O8. The monoisotopic (exact) mass is 378 g/mol. The van der Waals surface area contributed by atoms with Gasteiger partial charge in [-0.1, -0.05) is 0 Å². The van der Waals surface area contributed by atoms with Crippen LogP contribution in [-0.4, -0.2) is 190 Å². The molecule has 4 N–H and O–H groups in total. The number of carboxylic acids is 4. The van der Waals surface area contributed by atoms with E-state index in [2.05, 4.69) is 0 Å². The minimum atomic E-state index is -1.23. The van der Waals surface area contributed by atoms with E-state index >= 15 is 0 Å². The summed E-state index contributed by atoms with van der Waals surface area (Å²) in [7, 11) is 0. The maximum atomic E-state index is 10.6. The van der Waals surface area contributed by atoms with Gasteiger partial charge in [-0.25, -0.2) is 0 Å². The van der Waals surface area contributed by atoms with Crippen LogP contribution in [-0.2, 0) is 19.2 Å². The first kappa shape index (κ1) is 31.8. The molecule has 10 nitrogen and oxygen atoms in total. The second-order valence-electron chi connectivity index (χ2n) is 4.00. The zero-order valence-corrected chi connectivity index (χ0v) is 19.5. The third kappa shape index (κ3) is 21.0. The fourth-order valence-corrected chi connectivity index (χ4v) is 1.48. The molecule has 0 rings (SSSR count). The second-order valence-corrected chi connectivity index (χ2v) is 4.00. The summed E-state index contributed by atoms with van der Waals surface area (Å²) in [5.41, 5.74) is 0. The number of carboxylic acid groups (broad SMARTS) is 4. The summed E-state index contributed by atoms with van der Waals surface area (Å²) in [6.45, 7) is -2.25. The first-order valence-electron chi connectivity index (χ1n) is 5.52. The smallest absolute Gasteiger partial charge is 0.317 e. The Balaban J connectivity index is -0.000000602. The van der Waals surface area contributed by atoms with Crippen molar-refractivity contribution < 1.29 is 39.6 Å². The predicted molar refractivity (Wildman–Crippen MR) is 80.7 cm³/mol. The summed E-state index contributed by atoms with van der Waals surface area (Å²) in [5, 5.41) is 34.5. The van der Waals surface area contributed by atoms with Crippen LogP contribution < -0.4 is 0 Å². The van der Waals surface area contributed by atoms with Gasteiger partial charge >= 0.3 is 23.9 Å². The molecule has 0 aromatic carbocycles. The molecule has 0 aliphatic heterocycles. The van der Waals surface area contributed by atoms with Crippen molar-refractivity contribution in [2.24, 2.45) is 0 Å². The van der Waals surface area contributed by atoms with Gasteiger partial charge in [-0.15, -0.1) is 0 Å². The fraction of sp³-hybridized carbons (Fsp3) is 0.600. The zero-order chi connectivity index (χ0) is 15.7. The van der Waals surface area contributed by atoms with E-state index in [1.54, 1.807) is 0 Å². The van der Waals surface area contributed by atoms with Gasteiger partial charge in [0, 0.05) is 110 Å². The van der Waals surface area contributed by atoms with Crippen LogP contribution in [0.1, 0.15) is 0 Å². The maximum absolute atomic E-state index is 10.6. The quantitative estimate of drug-likeness (QED) is 0.270. The average Bonchev–Trinajstić information content (AvgIpc) is 2.22. The first-order chi connectivity index (χ1) is 9.20. The number of hydrogen-bond donors (Lipinski definition) is 4. The molecule has 0 aliphatic carbocycles. The Kier molecular flexibility index (Phi) is 24.7. The van der Waals surface area contributed by atoms with Crippen LogP contribution in [0.2, 0.25) is 0 Å². The van der Waals surface area contributed by atoms with Crippen molar-refractivity contribution in [3.8, 4) is 0 Å². The van der Waals surface area contributed by atoms with Crippen molar-refractivity contribution in [1.29, 1.82) is 0 Å². The third-order valence-corrected chi connectivity index (χ3v) is 2.17. The van der Waals surface area contributed by atoms with Crippen molar-refractivity contribution in [2.75, 3.05) is 39.3 Å². The Bertz CT molecular complexity index is 331. The Morgan fingerprint density at radius 3 is 0.870 bits per heavy atom. The van der Waals surface area contributed by atoms with Gasteiger partial charge in [0.2, 0.25) is 0 Å². The summed E-state index contributed by atoms with van der Waals surface area (Å²) in [4.78, 5) is 44.4. The normalized spacial score (nSPS) is 9.30. The molecule has 0 fully saturated rings. The van der Waals surface area contributed by atoms with Gasteiger partial charge in [-0.05, 0) is 0 Å². The molecule has 0 atom stereocenters. The van der Waals surface area contributed by atoms with Gasteiger partial charge in [0.15, 0.2) is 0 Å². The van der Waals surface area contributed by atoms with E-state index < -0.39 is 50.1 Å². The summed E-state index contributed by atoms with van der Waals surface area (Å²) in [6.07, 6.45) is 0. The molecule has 4 radical (unpaired) electrons. The van der Waals surface area contributed by atoms with E-state index in [1.165, 1.54) is 0 Å². The zero-order valence-electron chi connectivity index (χ0n) is 13.3. The van der Waals surface area contributed by atoms with E-state index in [-0.39, 0.29) is 110 Å². The standard InChI is InChI=1S/C10H16N2O8.Ca.2Na/c13-7(14)3-11(4-8(15)16)1-2-12(5-9(17)18)6-10(19)20;;;/h1-6H2,(H,13,14)(H,15,16)(H,17,18)(H,19,20);;;. The van der Waals surface area contributed by atoms with Crippen LogP contribution >= 0.6 is 0 Å². The molecule has 0 saturated carbocycles. The average molecular weight is 378 g/mol. The van der Waals surface area contributed by atoms with E-state index in [1.807, 2.05) is 0 Å². The van der Waals surface area contributed by atoms with Gasteiger partial charge in [0.1, 0.15) is 0 Å². The number of hydrogen-bond acceptors (Lipinski definition) is 6. The number of rotatable bonds is 11. The maximum Gasteiger partial charge on any atom is 0.317 e. The molecule has 0 spiro atoms. The van der Waals surface area contributed by atoms with Crippen molar-refractivity contribution >= 4 is 121 Å². The van der Waals surface area contributed by atoms with Crippen LogP contribution in [0, 0.1) is 0 Å². The third-order valence-electron chi connectivity index (χ3n) is 2.17. The molecular weight excluding hydrogens is 362 g/mol. The topological polar surface area (TPSA) is 156 Å². The van der Waals surface area contributed by atoms with Crippen LogP contribution in [0.5, 0.6) is 0 Å². The van der Waals surface area contributed by atoms with Crippen LogP contribution in [0.15, 0.2) is 0 Å². The molecule has 0 aromatic rings. The minimum Gasteiger partial charge on any atom is -0.480 e. The summed E-state index contributed by atoms with van der Waals surface area (Å²) in [5.74, 6) is -4.91. The van der Waals surface area contributed by atoms with Crippen molar-refractivity contribution in [1.82, 2.24) is 9.80 Å². The summed E-state index contributed by atoms with van der Waals surface area (Å²) < 4.78 is 0. The SMILES string of the molecule is O=C(O)CN(CCN(CC(=O)O)CC(=O)O)CC(=O)O.[Ca].[Na].[Na]. The van der Waals surface area contributed by atoms with Gasteiger partial charge in [0.05, 0.1) is 26.2 Å². The Labute approximate surface area is 206 Å². The van der Waals surface area contributed by atoms with E-state index in [4.69, 9.17) is 20.4 Å². The minimum absolute atomic E-state index is 0. The van der Waals surface area contributed by atoms with Crippen LogP contribution in [0.25, 0.3) is 0 Å². The first-order valence-corrected chi connectivity index (χ1v) is 5.52. The molecule has 0 bridgehead atoms. The van der Waals surface area contributed by atoms with Crippen molar-refractivity contribution in [2.45, 2.75) is 0 Å². The molecule has 13 heteroatoms. The van der Waals surface area contributed by atoms with Gasteiger partial charge in [0.25, 0.3) is 0 Å². The summed E-state index contributed by atoms with van der Waals surface area (Å²) in [6, 6.07) is 0.